The molecule has 0 spiro atoms. The van der Waals surface area contributed by atoms with E-state index in [0.29, 0.717) is 0 Å². The van der Waals surface area contributed by atoms with Crippen LogP contribution in [0.4, 0.5) is 5.82 Å². The Morgan fingerprint density at radius 1 is 1.27 bits per heavy atom. The summed E-state index contributed by atoms with van der Waals surface area (Å²) in [5, 5.41) is 0. The maximum absolute atomic E-state index is 4.01. The molecule has 0 unspecified atom stereocenters. The number of pyridine rings is 1. The molecule has 2 rings (SSSR count). The smallest absolute Gasteiger partial charge is 0.108 e. The molecule has 0 fully saturated rings. The molecule has 15 heavy (non-hydrogen) atoms. The van der Waals surface area contributed by atoms with Crippen LogP contribution in [0, 0.1) is 0 Å². The zero-order valence-corrected chi connectivity index (χ0v) is 9.09. The predicted octanol–water partition coefficient (Wildman–Crippen LogP) is 2.06. The molecule has 0 saturated heterocycles. The second-order valence-electron chi connectivity index (χ2n) is 3.69. The van der Waals surface area contributed by atoms with Gasteiger partial charge in [-0.05, 0) is 29.8 Å². The maximum Gasteiger partial charge on any atom is 0.108 e. The molecule has 2 aromatic rings. The first-order valence-electron chi connectivity index (χ1n) is 4.99. The Morgan fingerprint density at radius 2 is 2.00 bits per heavy atom. The molecule has 0 aliphatic carbocycles. The van der Waals surface area contributed by atoms with Crippen LogP contribution in [0.15, 0.2) is 42.9 Å². The largest absolute Gasteiger partial charge is 0.357 e. The van der Waals surface area contributed by atoms with E-state index in [1.807, 2.05) is 24.5 Å². The number of hydrogen-bond donors (Lipinski definition) is 0. The summed E-state index contributed by atoms with van der Waals surface area (Å²) in [6.07, 6.45) is 5.71. The van der Waals surface area contributed by atoms with Gasteiger partial charge < -0.3 is 9.47 Å². The molecule has 0 amide bonds. The van der Waals surface area contributed by atoms with Crippen molar-refractivity contribution in [1.82, 2.24) is 9.55 Å². The number of rotatable bonds is 3. The summed E-state index contributed by atoms with van der Waals surface area (Å²) in [6.45, 7) is 0.903. The average molecular weight is 201 g/mol. The lowest BCUT2D eigenvalue weighted by Gasteiger charge is -2.19. The Balaban J connectivity index is 2.11. The SMILES string of the molecule is CN(Cc1ccncc1)c1cccn1C. The molecular weight excluding hydrogens is 186 g/mol. The minimum Gasteiger partial charge on any atom is -0.357 e. The molecule has 3 nitrogen and oxygen atoms in total. The van der Waals surface area contributed by atoms with Gasteiger partial charge in [0, 0.05) is 39.2 Å². The van der Waals surface area contributed by atoms with E-state index < -0.39 is 0 Å². The quantitative estimate of drug-likeness (QED) is 0.758. The van der Waals surface area contributed by atoms with Crippen LogP contribution in [0.2, 0.25) is 0 Å². The first-order chi connectivity index (χ1) is 7.27. The molecule has 0 atom stereocenters. The van der Waals surface area contributed by atoms with Crippen molar-refractivity contribution in [2.45, 2.75) is 6.54 Å². The van der Waals surface area contributed by atoms with E-state index in [0.717, 1.165) is 6.54 Å². The highest BCUT2D eigenvalue weighted by atomic mass is 15.2. The minimum atomic E-state index is 0.903. The van der Waals surface area contributed by atoms with Crippen molar-refractivity contribution in [3.8, 4) is 0 Å². The van der Waals surface area contributed by atoms with Crippen LogP contribution in [0.25, 0.3) is 0 Å². The van der Waals surface area contributed by atoms with Crippen molar-refractivity contribution in [2.24, 2.45) is 7.05 Å². The van der Waals surface area contributed by atoms with Gasteiger partial charge in [-0.15, -0.1) is 0 Å². The monoisotopic (exact) mass is 201 g/mol. The van der Waals surface area contributed by atoms with Crippen LogP contribution < -0.4 is 4.90 Å². The van der Waals surface area contributed by atoms with Crippen molar-refractivity contribution in [3.05, 3.63) is 48.4 Å². The van der Waals surface area contributed by atoms with Crippen molar-refractivity contribution in [1.29, 1.82) is 0 Å². The van der Waals surface area contributed by atoms with Crippen LogP contribution in [0.1, 0.15) is 5.56 Å². The number of hydrogen-bond acceptors (Lipinski definition) is 2. The summed E-state index contributed by atoms with van der Waals surface area (Å²) < 4.78 is 2.11. The fourth-order valence-corrected chi connectivity index (χ4v) is 1.69. The van der Waals surface area contributed by atoms with Gasteiger partial charge in [-0.3, -0.25) is 4.98 Å². The average Bonchev–Trinajstić information content (AvgIpc) is 2.66. The Labute approximate surface area is 90.0 Å². The molecule has 0 saturated carbocycles. The Hall–Kier alpha value is -1.77. The van der Waals surface area contributed by atoms with Crippen molar-refractivity contribution in [2.75, 3.05) is 11.9 Å². The number of aromatic nitrogens is 2. The van der Waals surface area contributed by atoms with Gasteiger partial charge in [-0.2, -0.15) is 0 Å². The van der Waals surface area contributed by atoms with Crippen LogP contribution in [-0.2, 0) is 13.6 Å². The van der Waals surface area contributed by atoms with Crippen LogP contribution in [0.3, 0.4) is 0 Å². The van der Waals surface area contributed by atoms with Crippen molar-refractivity contribution < 1.29 is 0 Å². The number of anilines is 1. The van der Waals surface area contributed by atoms with Crippen molar-refractivity contribution in [3.63, 3.8) is 0 Å². The van der Waals surface area contributed by atoms with Gasteiger partial charge in [0.2, 0.25) is 0 Å². The Kier molecular flexibility index (Phi) is 2.72. The Morgan fingerprint density at radius 3 is 2.60 bits per heavy atom. The fraction of sp³-hybridized carbons (Fsp3) is 0.250. The van der Waals surface area contributed by atoms with Crippen LogP contribution in [-0.4, -0.2) is 16.6 Å². The summed E-state index contributed by atoms with van der Waals surface area (Å²) >= 11 is 0. The first kappa shape index (κ1) is 9.77. The van der Waals surface area contributed by atoms with E-state index in [-0.39, 0.29) is 0 Å². The van der Waals surface area contributed by atoms with Gasteiger partial charge in [-0.25, -0.2) is 0 Å². The second-order valence-corrected chi connectivity index (χ2v) is 3.69. The lowest BCUT2D eigenvalue weighted by Crippen LogP contribution is -2.18. The molecule has 0 radical (unpaired) electrons. The summed E-state index contributed by atoms with van der Waals surface area (Å²) in [5.41, 5.74) is 1.27. The molecule has 0 aromatic carbocycles. The number of aryl methyl sites for hydroxylation is 1. The van der Waals surface area contributed by atoms with Crippen LogP contribution >= 0.6 is 0 Å². The first-order valence-corrected chi connectivity index (χ1v) is 4.99. The highest BCUT2D eigenvalue weighted by Gasteiger charge is 2.04. The third kappa shape index (κ3) is 2.18. The maximum atomic E-state index is 4.01. The summed E-state index contributed by atoms with van der Waals surface area (Å²) in [4.78, 5) is 6.23. The lowest BCUT2D eigenvalue weighted by atomic mass is 10.2. The van der Waals surface area contributed by atoms with Gasteiger partial charge in [0.05, 0.1) is 0 Å². The minimum absolute atomic E-state index is 0.903. The molecule has 3 heteroatoms. The van der Waals surface area contributed by atoms with E-state index in [9.17, 15) is 0 Å². The molecule has 78 valence electrons. The van der Waals surface area contributed by atoms with Crippen molar-refractivity contribution >= 4 is 5.82 Å². The highest BCUT2D eigenvalue weighted by Crippen LogP contribution is 2.14. The van der Waals surface area contributed by atoms with Gasteiger partial charge in [-0.1, -0.05) is 0 Å². The van der Waals surface area contributed by atoms with E-state index in [4.69, 9.17) is 0 Å². The second kappa shape index (κ2) is 4.17. The lowest BCUT2D eigenvalue weighted by molar-refractivity contribution is 0.824. The van der Waals surface area contributed by atoms with E-state index >= 15 is 0 Å². The molecule has 2 aromatic heterocycles. The zero-order valence-electron chi connectivity index (χ0n) is 9.09. The normalized spacial score (nSPS) is 10.3. The third-order valence-corrected chi connectivity index (χ3v) is 2.48. The highest BCUT2D eigenvalue weighted by molar-refractivity contribution is 5.40. The standard InChI is InChI=1S/C12H15N3/c1-14-9-3-4-12(14)15(2)10-11-5-7-13-8-6-11/h3-9H,10H2,1-2H3. The summed E-state index contributed by atoms with van der Waals surface area (Å²) in [6, 6.07) is 8.25. The third-order valence-electron chi connectivity index (χ3n) is 2.48. The summed E-state index contributed by atoms with van der Waals surface area (Å²) in [7, 11) is 4.15. The van der Waals surface area contributed by atoms with E-state index in [1.54, 1.807) is 0 Å². The predicted molar refractivity (Wildman–Crippen MR) is 61.8 cm³/mol. The molecule has 0 aliphatic rings. The topological polar surface area (TPSA) is 21.1 Å². The van der Waals surface area contributed by atoms with E-state index in [2.05, 4.69) is 46.9 Å². The van der Waals surface area contributed by atoms with Gasteiger partial charge in [0.25, 0.3) is 0 Å². The van der Waals surface area contributed by atoms with Gasteiger partial charge in [0.1, 0.15) is 5.82 Å². The van der Waals surface area contributed by atoms with Crippen LogP contribution in [0.5, 0.6) is 0 Å². The fourth-order valence-electron chi connectivity index (χ4n) is 1.69. The Bertz CT molecular complexity index is 419. The summed E-state index contributed by atoms with van der Waals surface area (Å²) in [5.74, 6) is 1.21. The molecule has 0 aliphatic heterocycles. The van der Waals surface area contributed by atoms with Gasteiger partial charge >= 0.3 is 0 Å². The number of nitrogens with zero attached hydrogens (tertiary/aromatic N) is 3. The molecule has 0 N–H and O–H groups in total. The molecule has 2 heterocycles. The molecular formula is C12H15N3. The molecule has 0 bridgehead atoms. The zero-order chi connectivity index (χ0) is 10.7. The van der Waals surface area contributed by atoms with Gasteiger partial charge in [0.15, 0.2) is 0 Å². The van der Waals surface area contributed by atoms with E-state index in [1.165, 1.54) is 11.4 Å².